The molecule has 2 aromatic carbocycles. The van der Waals surface area contributed by atoms with Crippen LogP contribution in [0.15, 0.2) is 58.2 Å². The van der Waals surface area contributed by atoms with Gasteiger partial charge in [-0.15, -0.1) is 0 Å². The van der Waals surface area contributed by atoms with Gasteiger partial charge in [0.25, 0.3) is 11.1 Å². The molecule has 1 aromatic heterocycles. The van der Waals surface area contributed by atoms with Gasteiger partial charge in [-0.25, -0.2) is 18.2 Å². The maximum atomic E-state index is 12.7. The van der Waals surface area contributed by atoms with E-state index in [1.165, 1.54) is 16.7 Å². The van der Waals surface area contributed by atoms with Crippen LogP contribution in [-0.2, 0) is 25.1 Å². The van der Waals surface area contributed by atoms with Crippen LogP contribution in [0.4, 0.5) is 0 Å². The van der Waals surface area contributed by atoms with Crippen molar-refractivity contribution in [2.45, 2.75) is 30.4 Å². The van der Waals surface area contributed by atoms with E-state index in [0.29, 0.717) is 35.1 Å². The highest BCUT2D eigenvalue weighted by molar-refractivity contribution is 7.98. The number of esters is 1. The number of para-hydroxylation sites is 2. The smallest absolute Gasteiger partial charge is 0.338 e. The number of hydrogen-bond acceptors (Lipinski definition) is 8. The monoisotopic (exact) mass is 488 g/mol. The van der Waals surface area contributed by atoms with E-state index in [2.05, 4.69) is 4.98 Å². The lowest BCUT2D eigenvalue weighted by molar-refractivity contribution is -0.136. The topological polar surface area (TPSA) is 107 Å². The Balaban J connectivity index is 1.37. The minimum Gasteiger partial charge on any atom is -0.452 e. The number of carbonyl (C=O) groups excluding carboxylic acids is 2. The van der Waals surface area contributed by atoms with Gasteiger partial charge in [0.1, 0.15) is 5.52 Å². The number of thioether (sulfide) groups is 1. The highest BCUT2D eigenvalue weighted by Crippen LogP contribution is 2.27. The molecule has 1 unspecified atom stereocenters. The quantitative estimate of drug-likeness (QED) is 0.351. The lowest BCUT2D eigenvalue weighted by Gasteiger charge is -2.26. The first-order valence-electron chi connectivity index (χ1n) is 10.6. The summed E-state index contributed by atoms with van der Waals surface area (Å²) < 4.78 is 34.5. The van der Waals surface area contributed by atoms with Gasteiger partial charge in [-0.3, -0.25) is 4.79 Å². The zero-order chi connectivity index (χ0) is 23.4. The van der Waals surface area contributed by atoms with Crippen molar-refractivity contribution in [3.05, 3.63) is 59.7 Å². The number of rotatable bonds is 8. The summed E-state index contributed by atoms with van der Waals surface area (Å²) in [4.78, 5) is 31.2. The number of aromatic nitrogens is 1. The first-order valence-corrected chi connectivity index (χ1v) is 13.4. The van der Waals surface area contributed by atoms with Crippen LogP contribution in [0.1, 0.15) is 29.3 Å². The second-order valence-corrected chi connectivity index (χ2v) is 10.9. The average Bonchev–Trinajstić information content (AvgIpc) is 3.39. The molecule has 0 bridgehead atoms. The molecule has 0 spiro atoms. The lowest BCUT2D eigenvalue weighted by atomic mass is 10.1. The standard InChI is InChI=1S/C23H24N2O6S2/c1-2-25(17-11-12-33(28,29)15-17)21(26)13-30-22(27)18-8-4-3-7-16(18)14-32-23-24-19-9-5-6-10-20(19)31-23/h3-10,17H,2,11-15H2,1H3. The summed E-state index contributed by atoms with van der Waals surface area (Å²) in [7, 11) is -3.12. The van der Waals surface area contributed by atoms with E-state index in [0.717, 1.165) is 11.1 Å². The summed E-state index contributed by atoms with van der Waals surface area (Å²) >= 11 is 1.36. The Morgan fingerprint density at radius 1 is 1.18 bits per heavy atom. The van der Waals surface area contributed by atoms with Gasteiger partial charge in [-0.05, 0) is 37.1 Å². The third-order valence-electron chi connectivity index (χ3n) is 5.50. The number of sulfone groups is 1. The second-order valence-electron chi connectivity index (χ2n) is 7.71. The van der Waals surface area contributed by atoms with Crippen LogP contribution in [0.3, 0.4) is 0 Å². The summed E-state index contributed by atoms with van der Waals surface area (Å²) in [6, 6.07) is 14.1. The first-order chi connectivity index (χ1) is 15.9. The van der Waals surface area contributed by atoms with E-state index < -0.39 is 28.3 Å². The number of oxazole rings is 1. The Morgan fingerprint density at radius 2 is 1.94 bits per heavy atom. The minimum atomic E-state index is -3.12. The first kappa shape index (κ1) is 23.3. The molecule has 3 aromatic rings. The average molecular weight is 489 g/mol. The number of benzene rings is 2. The summed E-state index contributed by atoms with van der Waals surface area (Å²) in [6.07, 6.45) is 0.408. The number of amides is 1. The van der Waals surface area contributed by atoms with Gasteiger partial charge in [0, 0.05) is 18.3 Å². The van der Waals surface area contributed by atoms with Crippen LogP contribution < -0.4 is 0 Å². The van der Waals surface area contributed by atoms with Gasteiger partial charge in [-0.2, -0.15) is 0 Å². The number of hydrogen-bond donors (Lipinski definition) is 0. The highest BCUT2D eigenvalue weighted by Gasteiger charge is 2.34. The molecule has 1 aliphatic rings. The Bertz CT molecular complexity index is 1240. The summed E-state index contributed by atoms with van der Waals surface area (Å²) in [5.41, 5.74) is 2.56. The molecule has 0 saturated carbocycles. The number of likely N-dealkylation sites (N-methyl/N-ethyl adjacent to an activating group) is 1. The largest absolute Gasteiger partial charge is 0.452 e. The Hall–Kier alpha value is -2.85. The van der Waals surface area contributed by atoms with Gasteiger partial charge in [0.2, 0.25) is 0 Å². The van der Waals surface area contributed by atoms with Crippen molar-refractivity contribution in [1.82, 2.24) is 9.88 Å². The van der Waals surface area contributed by atoms with Crippen LogP contribution in [0.5, 0.6) is 0 Å². The van der Waals surface area contributed by atoms with E-state index in [9.17, 15) is 18.0 Å². The fourth-order valence-electron chi connectivity index (χ4n) is 3.84. The molecule has 1 atom stereocenters. The van der Waals surface area contributed by atoms with E-state index in [1.54, 1.807) is 19.1 Å². The maximum absolute atomic E-state index is 12.7. The summed E-state index contributed by atoms with van der Waals surface area (Å²) in [6.45, 7) is 1.70. The lowest BCUT2D eigenvalue weighted by Crippen LogP contribution is -2.43. The van der Waals surface area contributed by atoms with Crippen molar-refractivity contribution in [3.8, 4) is 0 Å². The van der Waals surface area contributed by atoms with Gasteiger partial charge in [-0.1, -0.05) is 42.1 Å². The number of carbonyl (C=O) groups is 2. The highest BCUT2D eigenvalue weighted by atomic mass is 32.2. The number of ether oxygens (including phenoxy) is 1. The molecule has 0 N–H and O–H groups in total. The normalized spacial score (nSPS) is 17.2. The zero-order valence-electron chi connectivity index (χ0n) is 18.1. The van der Waals surface area contributed by atoms with Crippen LogP contribution >= 0.6 is 11.8 Å². The van der Waals surface area contributed by atoms with Crippen LogP contribution in [0.2, 0.25) is 0 Å². The predicted molar refractivity (Wildman–Crippen MR) is 125 cm³/mol. The van der Waals surface area contributed by atoms with E-state index in [-0.39, 0.29) is 17.5 Å². The maximum Gasteiger partial charge on any atom is 0.338 e. The molecule has 1 fully saturated rings. The van der Waals surface area contributed by atoms with Gasteiger partial charge in [0.05, 0.1) is 17.1 Å². The third-order valence-corrected chi connectivity index (χ3v) is 8.13. The van der Waals surface area contributed by atoms with Crippen molar-refractivity contribution in [2.24, 2.45) is 0 Å². The zero-order valence-corrected chi connectivity index (χ0v) is 19.7. The van der Waals surface area contributed by atoms with Crippen molar-refractivity contribution >= 4 is 44.6 Å². The second kappa shape index (κ2) is 9.96. The molecule has 8 nitrogen and oxygen atoms in total. The van der Waals surface area contributed by atoms with Gasteiger partial charge < -0.3 is 14.1 Å². The molecular formula is C23H24N2O6S2. The molecular weight excluding hydrogens is 464 g/mol. The van der Waals surface area contributed by atoms with Crippen molar-refractivity contribution in [2.75, 3.05) is 24.7 Å². The number of nitrogens with zero attached hydrogens (tertiary/aromatic N) is 2. The Morgan fingerprint density at radius 3 is 2.67 bits per heavy atom. The van der Waals surface area contributed by atoms with Crippen LogP contribution in [0, 0.1) is 0 Å². The predicted octanol–water partition coefficient (Wildman–Crippen LogP) is 3.31. The molecule has 0 radical (unpaired) electrons. The van der Waals surface area contributed by atoms with Crippen molar-refractivity contribution < 1.29 is 27.2 Å². The number of fused-ring (bicyclic) bond motifs is 1. The molecule has 2 heterocycles. The SMILES string of the molecule is CCN(C(=O)COC(=O)c1ccccc1CSc1nc2ccccc2o1)C1CCS(=O)(=O)C1. The molecule has 10 heteroatoms. The molecule has 1 aliphatic heterocycles. The summed E-state index contributed by atoms with van der Waals surface area (Å²) in [5.74, 6) is -0.533. The molecule has 4 rings (SSSR count). The van der Waals surface area contributed by atoms with Crippen molar-refractivity contribution in [3.63, 3.8) is 0 Å². The fourth-order valence-corrected chi connectivity index (χ4v) is 6.42. The van der Waals surface area contributed by atoms with E-state index in [4.69, 9.17) is 9.15 Å². The Labute approximate surface area is 196 Å². The molecule has 0 aliphatic carbocycles. The van der Waals surface area contributed by atoms with E-state index >= 15 is 0 Å². The van der Waals surface area contributed by atoms with E-state index in [1.807, 2.05) is 36.4 Å². The molecule has 1 saturated heterocycles. The van der Waals surface area contributed by atoms with Crippen LogP contribution in [-0.4, -0.2) is 60.9 Å². The van der Waals surface area contributed by atoms with Crippen molar-refractivity contribution in [1.29, 1.82) is 0 Å². The van der Waals surface area contributed by atoms with Gasteiger partial charge in [0.15, 0.2) is 22.0 Å². The fraction of sp³-hybridized carbons (Fsp3) is 0.348. The molecule has 33 heavy (non-hydrogen) atoms. The van der Waals surface area contributed by atoms with Gasteiger partial charge >= 0.3 is 5.97 Å². The summed E-state index contributed by atoms with van der Waals surface area (Å²) in [5, 5.41) is 0.500. The Kier molecular flexibility index (Phi) is 7.04. The third kappa shape index (κ3) is 5.56. The minimum absolute atomic E-state index is 0.0452. The molecule has 174 valence electrons. The van der Waals surface area contributed by atoms with Crippen LogP contribution in [0.25, 0.3) is 11.1 Å². The molecule has 1 amide bonds.